The predicted octanol–water partition coefficient (Wildman–Crippen LogP) is 2.59. The summed E-state index contributed by atoms with van der Waals surface area (Å²) in [5.41, 5.74) is 2.61. The van der Waals surface area contributed by atoms with Gasteiger partial charge in [-0.15, -0.1) is 5.56 Å². The number of hydrogen-bond acceptors (Lipinski definition) is 7. The van der Waals surface area contributed by atoms with Crippen molar-refractivity contribution in [1.29, 1.82) is 0 Å². The largest absolute Gasteiger partial charge is 0.536 e. The quantitative estimate of drug-likeness (QED) is 0.279. The van der Waals surface area contributed by atoms with Crippen molar-refractivity contribution < 1.29 is 50.7 Å². The molecule has 0 aliphatic heterocycles. The Hall–Kier alpha value is -2.21. The summed E-state index contributed by atoms with van der Waals surface area (Å²) in [6.07, 6.45) is 2.77. The van der Waals surface area contributed by atoms with Crippen molar-refractivity contribution in [3.05, 3.63) is 53.4 Å². The van der Waals surface area contributed by atoms with Gasteiger partial charge < -0.3 is 29.8 Å². The fourth-order valence-electron chi connectivity index (χ4n) is 2.21. The van der Waals surface area contributed by atoms with E-state index in [1.807, 2.05) is 0 Å². The Balaban J connectivity index is 0.000000786. The van der Waals surface area contributed by atoms with E-state index in [2.05, 4.69) is 11.1 Å². The molecule has 0 radical (unpaired) electrons. The third kappa shape index (κ3) is 7.80. The fraction of sp³-hybridized carbons (Fsp3) is 0.300. The Kier molecular flexibility index (Phi) is 12.0. The number of allylic oxidation sites excluding steroid dienone is 2. The fourth-order valence-corrected chi connectivity index (χ4v) is 2.21. The molecule has 0 bridgehead atoms. The summed E-state index contributed by atoms with van der Waals surface area (Å²) in [6.45, 7) is 2.61. The van der Waals surface area contributed by atoms with Crippen LogP contribution in [-0.2, 0) is 39.1 Å². The van der Waals surface area contributed by atoms with E-state index in [1.54, 1.807) is 24.4 Å². The Labute approximate surface area is 178 Å². The second kappa shape index (κ2) is 13.0. The number of ketones is 1. The molecule has 0 aliphatic rings. The van der Waals surface area contributed by atoms with Crippen LogP contribution in [0.5, 0.6) is 11.5 Å². The van der Waals surface area contributed by atoms with Crippen LogP contribution in [0.2, 0.25) is 0 Å². The molecule has 0 aliphatic carbocycles. The minimum atomic E-state index is -0.169. The van der Waals surface area contributed by atoms with Crippen LogP contribution >= 0.6 is 0 Å². The molecule has 3 N–H and O–H groups in total. The van der Waals surface area contributed by atoms with E-state index < -0.39 is 0 Å². The van der Waals surface area contributed by atoms with E-state index in [0.717, 1.165) is 5.56 Å². The van der Waals surface area contributed by atoms with Gasteiger partial charge in [0.2, 0.25) is 0 Å². The van der Waals surface area contributed by atoms with Crippen molar-refractivity contribution in [2.24, 2.45) is 0 Å². The molecule has 1 heterocycles. The van der Waals surface area contributed by atoms with E-state index in [4.69, 9.17) is 14.6 Å². The zero-order chi connectivity index (χ0) is 20.4. The van der Waals surface area contributed by atoms with Gasteiger partial charge in [-0.1, -0.05) is 23.8 Å². The first-order valence-corrected chi connectivity index (χ1v) is 8.08. The second-order valence-electron chi connectivity index (χ2n) is 5.53. The average Bonchev–Trinajstić information content (AvgIpc) is 2.66. The summed E-state index contributed by atoms with van der Waals surface area (Å²) in [6, 6.07) is 8.21. The zero-order valence-corrected chi connectivity index (χ0v) is 18.4. The Bertz CT molecular complexity index is 803. The molecule has 0 fully saturated rings. The average molecular weight is 569 g/mol. The number of rotatable bonds is 6. The number of aromatic nitrogens is 1. The number of methoxy groups -OCH3 is 2. The number of carbonyl (C=O) groups is 1. The minimum absolute atomic E-state index is 0. The first kappa shape index (κ1) is 25.8. The molecule has 0 spiro atoms. The van der Waals surface area contributed by atoms with E-state index in [9.17, 15) is 15.0 Å². The van der Waals surface area contributed by atoms with Gasteiger partial charge in [0.05, 0.1) is 38.1 Å². The molecule has 0 saturated heterocycles. The van der Waals surface area contributed by atoms with Gasteiger partial charge in [-0.3, -0.25) is 4.79 Å². The molecule has 0 saturated carbocycles. The van der Waals surface area contributed by atoms with Gasteiger partial charge in [0.25, 0.3) is 0 Å². The first-order chi connectivity index (χ1) is 12.9. The molecular formula is C20H24NO6Pt-. The molecule has 8 heteroatoms. The maximum atomic E-state index is 10.0. The van der Waals surface area contributed by atoms with Crippen LogP contribution in [0, 0.1) is 6.07 Å². The Morgan fingerprint density at radius 3 is 2.29 bits per heavy atom. The maximum Gasteiger partial charge on any atom is 0.155 e. The summed E-state index contributed by atoms with van der Waals surface area (Å²) >= 11 is 0. The molecule has 7 nitrogen and oxygen atoms in total. The van der Waals surface area contributed by atoms with Crippen molar-refractivity contribution in [3.63, 3.8) is 0 Å². The summed E-state index contributed by atoms with van der Waals surface area (Å²) < 4.78 is 10.4. The molecule has 0 amide bonds. The van der Waals surface area contributed by atoms with E-state index in [0.29, 0.717) is 28.3 Å². The van der Waals surface area contributed by atoms with Crippen LogP contribution in [0.3, 0.4) is 0 Å². The zero-order valence-electron chi connectivity index (χ0n) is 16.1. The molecule has 2 aromatic rings. The molecule has 28 heavy (non-hydrogen) atoms. The first-order valence-electron chi connectivity index (χ1n) is 8.08. The molecule has 156 valence electrons. The van der Waals surface area contributed by atoms with Gasteiger partial charge in [-0.25, -0.2) is 0 Å². The summed E-state index contributed by atoms with van der Waals surface area (Å²) in [5.74, 6) is 0.877. The number of carbonyl (C=O) groups excluding carboxylic acids is 1. The molecule has 1 aromatic heterocycles. The van der Waals surface area contributed by atoms with Crippen LogP contribution in [-0.4, -0.2) is 40.3 Å². The third-order valence-electron chi connectivity index (χ3n) is 3.36. The van der Waals surface area contributed by atoms with Crippen LogP contribution in [0.1, 0.15) is 25.0 Å². The molecular weight excluding hydrogens is 545 g/mol. The smallest absolute Gasteiger partial charge is 0.155 e. The number of aliphatic hydroxyl groups excluding tert-OH is 3. The molecule has 0 unspecified atom stereocenters. The maximum absolute atomic E-state index is 10.0. The molecule has 0 atom stereocenters. The number of aliphatic hydroxyl groups is 3. The number of nitrogens with zero attached hydrogens (tertiary/aromatic N) is 1. The number of ether oxygens (including phenoxy) is 2. The Morgan fingerprint density at radius 2 is 1.86 bits per heavy atom. The van der Waals surface area contributed by atoms with Crippen LogP contribution in [0.4, 0.5) is 0 Å². The van der Waals surface area contributed by atoms with Crippen LogP contribution in [0.15, 0.2) is 36.2 Å². The summed E-state index contributed by atoms with van der Waals surface area (Å²) in [5, 5.41) is 27.0. The van der Waals surface area contributed by atoms with Crippen LogP contribution in [0.25, 0.3) is 11.3 Å². The molecule has 2 rings (SSSR count). The summed E-state index contributed by atoms with van der Waals surface area (Å²) in [7, 11) is 3.05. The Morgan fingerprint density at radius 1 is 1.18 bits per heavy atom. The van der Waals surface area contributed by atoms with Crippen molar-refractivity contribution in [2.45, 2.75) is 27.1 Å². The van der Waals surface area contributed by atoms with Crippen molar-refractivity contribution >= 4 is 5.78 Å². The standard InChI is InChI=1S/C15H16NO4.C5H8O2.Pt/c1-19-14-6-11(9-18)12(7-15(14)20-2)13-5-10(8-17)3-4-16-13;1-4(6)3-5(2)7;/h3-6,17-18H,8-9H2,1-2H3;3,6H,1-2H3;/q-1;;/b;4-3-;. The number of hydrogen-bond donors (Lipinski definition) is 3. The SMILES string of the molecule is CC(=O)/C=C(/C)O.COc1[c-]c(-c2cc(CO)ccn2)c(CO)cc1OC.[Pt]. The van der Waals surface area contributed by atoms with Gasteiger partial charge in [-0.05, 0) is 31.2 Å². The van der Waals surface area contributed by atoms with E-state index in [-0.39, 0.29) is 45.8 Å². The normalized spacial score (nSPS) is 10.3. The topological polar surface area (TPSA) is 109 Å². The van der Waals surface area contributed by atoms with Crippen molar-refractivity contribution in [2.75, 3.05) is 14.2 Å². The summed E-state index contributed by atoms with van der Waals surface area (Å²) in [4.78, 5) is 14.3. The number of benzene rings is 1. The minimum Gasteiger partial charge on any atom is -0.536 e. The van der Waals surface area contributed by atoms with Crippen molar-refractivity contribution in [1.82, 2.24) is 4.98 Å². The van der Waals surface area contributed by atoms with Gasteiger partial charge in [0, 0.05) is 39.9 Å². The predicted molar refractivity (Wildman–Crippen MR) is 101 cm³/mol. The van der Waals surface area contributed by atoms with E-state index in [1.165, 1.54) is 34.1 Å². The van der Waals surface area contributed by atoms with Crippen molar-refractivity contribution in [3.8, 4) is 22.8 Å². The second-order valence-corrected chi connectivity index (χ2v) is 5.53. The van der Waals surface area contributed by atoms with Crippen LogP contribution < -0.4 is 9.47 Å². The van der Waals surface area contributed by atoms with Gasteiger partial charge >= 0.3 is 0 Å². The van der Waals surface area contributed by atoms with Gasteiger partial charge in [-0.2, -0.15) is 0 Å². The third-order valence-corrected chi connectivity index (χ3v) is 3.36. The van der Waals surface area contributed by atoms with Gasteiger partial charge in [0.15, 0.2) is 5.78 Å². The monoisotopic (exact) mass is 569 g/mol. The van der Waals surface area contributed by atoms with Gasteiger partial charge in [0.1, 0.15) is 0 Å². The number of pyridine rings is 1. The van der Waals surface area contributed by atoms with E-state index >= 15 is 0 Å². The molecule has 1 aromatic carbocycles.